The number of hydrogen-bond donors (Lipinski definition) is 3. The predicted molar refractivity (Wildman–Crippen MR) is 64.2 cm³/mol. The van der Waals surface area contributed by atoms with Gasteiger partial charge in [0, 0.05) is 6.61 Å². The molecule has 7 nitrogen and oxygen atoms in total. The number of ether oxygens (including phenoxy) is 1. The van der Waals surface area contributed by atoms with Crippen LogP contribution in [-0.2, 0) is 16.0 Å². The van der Waals surface area contributed by atoms with Crippen LogP contribution < -0.4 is 5.90 Å². The van der Waals surface area contributed by atoms with Crippen LogP contribution in [0.5, 0.6) is 0 Å². The van der Waals surface area contributed by atoms with Gasteiger partial charge in [-0.15, -0.1) is 0 Å². The molecule has 0 aliphatic rings. The second-order valence-corrected chi connectivity index (χ2v) is 3.61. The Morgan fingerprint density at radius 2 is 1.89 bits per heavy atom. The summed E-state index contributed by atoms with van der Waals surface area (Å²) in [5, 5.41) is 17.5. The summed E-state index contributed by atoms with van der Waals surface area (Å²) in [4.78, 5) is 27.1. The Kier molecular flexibility index (Phi) is 5.94. The van der Waals surface area contributed by atoms with E-state index in [1.807, 2.05) is 0 Å². The molecule has 1 rings (SSSR count). The number of carbonyl (C=O) groups excluding carboxylic acids is 2. The van der Waals surface area contributed by atoms with Gasteiger partial charge in [0.25, 0.3) is 0 Å². The van der Waals surface area contributed by atoms with Crippen molar-refractivity contribution in [2.75, 3.05) is 19.8 Å². The first kappa shape index (κ1) is 15.1. The van der Waals surface area contributed by atoms with Crippen molar-refractivity contribution in [3.63, 3.8) is 0 Å². The Hall–Kier alpha value is -1.96. The minimum absolute atomic E-state index is 0.110. The monoisotopic (exact) mass is 269 g/mol. The normalized spacial score (nSPS) is 10.1. The maximum Gasteiger partial charge on any atom is 0.356 e. The van der Waals surface area contributed by atoms with Crippen LogP contribution in [0.2, 0.25) is 0 Å². The molecule has 0 atom stereocenters. The van der Waals surface area contributed by atoms with E-state index in [-0.39, 0.29) is 37.4 Å². The average molecular weight is 269 g/mol. The maximum atomic E-state index is 11.6. The van der Waals surface area contributed by atoms with E-state index in [9.17, 15) is 9.59 Å². The third-order valence-electron chi connectivity index (χ3n) is 2.37. The van der Waals surface area contributed by atoms with Crippen LogP contribution in [-0.4, -0.2) is 42.0 Å². The molecule has 0 fully saturated rings. The third-order valence-corrected chi connectivity index (χ3v) is 2.37. The van der Waals surface area contributed by atoms with Crippen LogP contribution >= 0.6 is 0 Å². The molecular weight excluding hydrogens is 254 g/mol. The molecule has 19 heavy (non-hydrogen) atoms. The van der Waals surface area contributed by atoms with Crippen LogP contribution in [0.15, 0.2) is 18.2 Å². The molecule has 0 aromatic heterocycles. The number of nitrogens with two attached hydrogens (primary N) is 1. The quantitative estimate of drug-likeness (QED) is 0.466. The lowest BCUT2D eigenvalue weighted by atomic mass is 10.0. The number of esters is 1. The van der Waals surface area contributed by atoms with Crippen molar-refractivity contribution >= 4 is 11.9 Å². The largest absolute Gasteiger partial charge is 0.460 e. The molecule has 0 radical (unpaired) electrons. The molecule has 1 aromatic rings. The van der Waals surface area contributed by atoms with E-state index in [2.05, 4.69) is 4.84 Å². The first-order valence-corrected chi connectivity index (χ1v) is 5.56. The summed E-state index contributed by atoms with van der Waals surface area (Å²) in [5.74, 6) is 3.43. The molecule has 0 bridgehead atoms. The number of aliphatic hydroxyl groups is 2. The van der Waals surface area contributed by atoms with Crippen molar-refractivity contribution in [1.29, 1.82) is 0 Å². The Morgan fingerprint density at radius 1 is 1.16 bits per heavy atom. The second-order valence-electron chi connectivity index (χ2n) is 3.61. The fourth-order valence-electron chi connectivity index (χ4n) is 1.53. The van der Waals surface area contributed by atoms with Gasteiger partial charge in [0.05, 0.1) is 17.7 Å². The number of aliphatic hydroxyl groups excluding tert-OH is 2. The topological polar surface area (TPSA) is 119 Å². The molecule has 0 aliphatic heterocycles. The van der Waals surface area contributed by atoms with E-state index in [4.69, 9.17) is 20.8 Å². The summed E-state index contributed by atoms with van der Waals surface area (Å²) in [7, 11) is 0. The number of benzene rings is 1. The van der Waals surface area contributed by atoms with Gasteiger partial charge in [0.1, 0.15) is 6.61 Å². The molecule has 1 aromatic carbocycles. The Balaban J connectivity index is 3.01. The smallest absolute Gasteiger partial charge is 0.356 e. The number of carbonyl (C=O) groups is 2. The highest BCUT2D eigenvalue weighted by Gasteiger charge is 2.15. The fraction of sp³-hybridized carbons (Fsp3) is 0.333. The van der Waals surface area contributed by atoms with Crippen LogP contribution in [0.3, 0.4) is 0 Å². The summed E-state index contributed by atoms with van der Waals surface area (Å²) < 4.78 is 4.74. The summed E-state index contributed by atoms with van der Waals surface area (Å²) in [5.41, 5.74) is 0.817. The standard InChI is InChI=1S/C12H15NO6/c13-19-12(17)10-2-1-9(7-8(10)3-4-14)11(16)18-6-5-15/h1-2,7,14-15H,3-6,13H2. The summed E-state index contributed by atoms with van der Waals surface area (Å²) in [6.07, 6.45) is 0.172. The van der Waals surface area contributed by atoms with Crippen LogP contribution in [0.1, 0.15) is 26.3 Å². The zero-order valence-electron chi connectivity index (χ0n) is 10.2. The van der Waals surface area contributed by atoms with E-state index in [1.54, 1.807) is 0 Å². The molecule has 0 heterocycles. The molecule has 0 aliphatic carbocycles. The van der Waals surface area contributed by atoms with E-state index < -0.39 is 11.9 Å². The highest BCUT2D eigenvalue weighted by molar-refractivity contribution is 5.94. The minimum atomic E-state index is -0.751. The van der Waals surface area contributed by atoms with Gasteiger partial charge in [-0.3, -0.25) is 0 Å². The molecular formula is C12H15NO6. The van der Waals surface area contributed by atoms with Gasteiger partial charge in [-0.1, -0.05) is 0 Å². The van der Waals surface area contributed by atoms with Gasteiger partial charge in [0.2, 0.25) is 0 Å². The van der Waals surface area contributed by atoms with E-state index in [1.165, 1.54) is 18.2 Å². The van der Waals surface area contributed by atoms with Gasteiger partial charge < -0.3 is 19.8 Å². The lowest BCUT2D eigenvalue weighted by Crippen LogP contribution is -2.15. The fourth-order valence-corrected chi connectivity index (χ4v) is 1.53. The Bertz CT molecular complexity index is 460. The van der Waals surface area contributed by atoms with Gasteiger partial charge in [-0.05, 0) is 30.2 Å². The lowest BCUT2D eigenvalue weighted by Gasteiger charge is -2.09. The van der Waals surface area contributed by atoms with Crippen molar-refractivity contribution < 1.29 is 29.4 Å². The summed E-state index contributed by atoms with van der Waals surface area (Å²) in [6.45, 7) is -0.576. The SMILES string of the molecule is NOC(=O)c1ccc(C(=O)OCCO)cc1CCO. The summed E-state index contributed by atoms with van der Waals surface area (Å²) >= 11 is 0. The second kappa shape index (κ2) is 7.47. The Labute approximate surface area is 109 Å². The maximum absolute atomic E-state index is 11.6. The molecule has 0 saturated carbocycles. The van der Waals surface area contributed by atoms with Crippen molar-refractivity contribution in [1.82, 2.24) is 0 Å². The van der Waals surface area contributed by atoms with Crippen LogP contribution in [0.4, 0.5) is 0 Å². The highest BCUT2D eigenvalue weighted by atomic mass is 16.7. The van der Waals surface area contributed by atoms with E-state index in [0.717, 1.165) is 0 Å². The van der Waals surface area contributed by atoms with Crippen LogP contribution in [0.25, 0.3) is 0 Å². The average Bonchev–Trinajstić information content (AvgIpc) is 2.44. The summed E-state index contributed by atoms with van der Waals surface area (Å²) in [6, 6.07) is 4.17. The van der Waals surface area contributed by atoms with Gasteiger partial charge in [0.15, 0.2) is 0 Å². The molecule has 0 amide bonds. The number of rotatable bonds is 6. The zero-order valence-corrected chi connectivity index (χ0v) is 10.2. The highest BCUT2D eigenvalue weighted by Crippen LogP contribution is 2.15. The molecule has 4 N–H and O–H groups in total. The molecule has 7 heteroatoms. The third kappa shape index (κ3) is 4.02. The molecule has 0 saturated heterocycles. The van der Waals surface area contributed by atoms with Crippen molar-refractivity contribution in [3.05, 3.63) is 34.9 Å². The molecule has 0 spiro atoms. The number of hydrogen-bond acceptors (Lipinski definition) is 7. The van der Waals surface area contributed by atoms with Gasteiger partial charge in [-0.2, -0.15) is 5.90 Å². The first-order chi connectivity index (χ1) is 9.13. The van der Waals surface area contributed by atoms with Gasteiger partial charge in [-0.25, -0.2) is 9.59 Å². The van der Waals surface area contributed by atoms with Crippen LogP contribution in [0, 0.1) is 0 Å². The van der Waals surface area contributed by atoms with Crippen molar-refractivity contribution in [2.24, 2.45) is 5.90 Å². The van der Waals surface area contributed by atoms with E-state index >= 15 is 0 Å². The van der Waals surface area contributed by atoms with Crippen molar-refractivity contribution in [3.8, 4) is 0 Å². The van der Waals surface area contributed by atoms with Crippen molar-refractivity contribution in [2.45, 2.75) is 6.42 Å². The van der Waals surface area contributed by atoms with E-state index in [0.29, 0.717) is 5.56 Å². The lowest BCUT2D eigenvalue weighted by molar-refractivity contribution is 0.0431. The van der Waals surface area contributed by atoms with Gasteiger partial charge >= 0.3 is 11.9 Å². The minimum Gasteiger partial charge on any atom is -0.460 e. The first-order valence-electron chi connectivity index (χ1n) is 5.56. The zero-order chi connectivity index (χ0) is 14.3. The Morgan fingerprint density at radius 3 is 2.47 bits per heavy atom. The molecule has 0 unspecified atom stereocenters. The predicted octanol–water partition coefficient (Wildman–Crippen LogP) is -0.599. The molecule has 104 valence electrons.